The van der Waals surface area contributed by atoms with E-state index in [9.17, 15) is 4.79 Å². The highest BCUT2D eigenvalue weighted by Gasteiger charge is 2.42. The average molecular weight is 520 g/mol. The van der Waals surface area contributed by atoms with Crippen molar-refractivity contribution in [2.45, 2.75) is 66.4 Å². The number of rotatable bonds is 4. The van der Waals surface area contributed by atoms with Crippen molar-refractivity contribution in [3.8, 4) is 11.5 Å². The predicted molar refractivity (Wildman–Crippen MR) is 152 cm³/mol. The van der Waals surface area contributed by atoms with E-state index in [1.807, 2.05) is 45.9 Å². The maximum Gasteiger partial charge on any atom is 0.154 e. The third-order valence-electron chi connectivity index (χ3n) is 7.51. The molecule has 0 amide bonds. The van der Waals surface area contributed by atoms with Gasteiger partial charge in [-0.1, -0.05) is 27.7 Å². The summed E-state index contributed by atoms with van der Waals surface area (Å²) in [5, 5.41) is 5.37. The molecule has 0 aliphatic carbocycles. The number of furan rings is 1. The summed E-state index contributed by atoms with van der Waals surface area (Å²) in [4.78, 5) is 13.6. The van der Waals surface area contributed by atoms with E-state index in [1.54, 1.807) is 23.0 Å². The maximum absolute atomic E-state index is 11.2. The van der Waals surface area contributed by atoms with Gasteiger partial charge in [-0.2, -0.15) is 5.10 Å². The quantitative estimate of drug-likeness (QED) is 0.270. The number of benzene rings is 1. The van der Waals surface area contributed by atoms with E-state index in [2.05, 4.69) is 30.9 Å². The molecule has 5 heterocycles. The maximum atomic E-state index is 11.2. The molecular weight excluding hydrogens is 478 g/mol. The number of likely N-dealkylation sites (tertiary alicyclic amines) is 1. The van der Waals surface area contributed by atoms with Gasteiger partial charge in [-0.25, -0.2) is 4.52 Å². The van der Waals surface area contributed by atoms with Gasteiger partial charge in [0.1, 0.15) is 22.6 Å². The molecule has 0 N–H and O–H groups in total. The van der Waals surface area contributed by atoms with Crippen LogP contribution in [0, 0.1) is 19.8 Å². The summed E-state index contributed by atoms with van der Waals surface area (Å²) in [5.74, 6) is 3.06. The van der Waals surface area contributed by atoms with Crippen LogP contribution in [-0.2, 0) is 11.2 Å². The molecule has 204 valence electrons. The molecule has 2 unspecified atom stereocenters. The van der Waals surface area contributed by atoms with Gasteiger partial charge in [-0.15, -0.1) is 0 Å². The van der Waals surface area contributed by atoms with Gasteiger partial charge in [0.15, 0.2) is 12.0 Å². The smallest absolute Gasteiger partial charge is 0.154 e. The van der Waals surface area contributed by atoms with Crippen LogP contribution >= 0.6 is 0 Å². The largest absolute Gasteiger partial charge is 0.461 e. The molecule has 1 spiro atoms. The fraction of sp³-hybridized carbons (Fsp3) is 0.484. The third-order valence-corrected chi connectivity index (χ3v) is 7.51. The van der Waals surface area contributed by atoms with Crippen LogP contribution in [0.25, 0.3) is 16.5 Å². The van der Waals surface area contributed by atoms with Gasteiger partial charge in [0.05, 0.1) is 18.4 Å². The van der Waals surface area contributed by atoms with Gasteiger partial charge in [0, 0.05) is 47.9 Å². The summed E-state index contributed by atoms with van der Waals surface area (Å²) in [6.45, 7) is 15.6. The van der Waals surface area contributed by atoms with Crippen molar-refractivity contribution in [3.63, 3.8) is 0 Å². The Hall–Kier alpha value is -3.16. The van der Waals surface area contributed by atoms with Gasteiger partial charge in [-0.3, -0.25) is 4.79 Å². The van der Waals surface area contributed by atoms with Crippen LogP contribution in [0.1, 0.15) is 67.8 Å². The second-order valence-corrected chi connectivity index (χ2v) is 10.4. The van der Waals surface area contributed by atoms with E-state index in [1.165, 1.54) is 24.9 Å². The summed E-state index contributed by atoms with van der Waals surface area (Å²) in [6, 6.07) is 7.66. The van der Waals surface area contributed by atoms with Gasteiger partial charge < -0.3 is 18.8 Å². The molecule has 2 atom stereocenters. The molecule has 6 rings (SSSR count). The summed E-state index contributed by atoms with van der Waals surface area (Å²) in [5.41, 5.74) is 4.54. The number of nitrogens with zero attached hydrogens (tertiary/aromatic N) is 3. The molecule has 0 saturated carbocycles. The van der Waals surface area contributed by atoms with Gasteiger partial charge >= 0.3 is 0 Å². The van der Waals surface area contributed by atoms with Crippen molar-refractivity contribution in [3.05, 3.63) is 59.1 Å². The Morgan fingerprint density at radius 3 is 2.66 bits per heavy atom. The Bertz CT molecular complexity index is 1390. The number of carbonyl (C=O) groups excluding carboxylic acids is 1. The molecule has 7 heteroatoms. The van der Waals surface area contributed by atoms with E-state index in [4.69, 9.17) is 13.9 Å². The zero-order valence-corrected chi connectivity index (χ0v) is 23.8. The lowest BCUT2D eigenvalue weighted by atomic mass is 9.95. The number of likely N-dealkylation sites (N-methyl/N-ethyl adjacent to an activating group) is 1. The lowest BCUT2D eigenvalue weighted by Gasteiger charge is -2.21. The second-order valence-electron chi connectivity index (χ2n) is 10.4. The molecule has 1 aromatic carbocycles. The molecule has 0 bridgehead atoms. The summed E-state index contributed by atoms with van der Waals surface area (Å²) >= 11 is 0. The minimum absolute atomic E-state index is 0.258. The van der Waals surface area contributed by atoms with Crippen LogP contribution in [0.15, 0.2) is 41.1 Å². The van der Waals surface area contributed by atoms with Crippen LogP contribution in [-0.4, -0.2) is 53.1 Å². The van der Waals surface area contributed by atoms with Crippen molar-refractivity contribution in [1.82, 2.24) is 14.5 Å². The summed E-state index contributed by atoms with van der Waals surface area (Å²) < 4.78 is 19.4. The highest BCUT2D eigenvalue weighted by molar-refractivity contribution is 5.85. The van der Waals surface area contributed by atoms with E-state index in [0.717, 1.165) is 59.6 Å². The number of fused-ring (bicyclic) bond motifs is 2. The molecule has 7 nitrogen and oxygen atoms in total. The van der Waals surface area contributed by atoms with Crippen molar-refractivity contribution in [2.75, 3.05) is 26.7 Å². The van der Waals surface area contributed by atoms with Gasteiger partial charge in [-0.05, 0) is 63.8 Å². The van der Waals surface area contributed by atoms with E-state index in [0.29, 0.717) is 17.1 Å². The number of aromatic nitrogens is 2. The molecule has 2 fully saturated rings. The Morgan fingerprint density at radius 1 is 1.24 bits per heavy atom. The second kappa shape index (κ2) is 11.7. The first kappa shape index (κ1) is 27.9. The van der Waals surface area contributed by atoms with Crippen molar-refractivity contribution >= 4 is 22.8 Å². The number of carbonyl (C=O) groups is 1. The van der Waals surface area contributed by atoms with Gasteiger partial charge in [0.2, 0.25) is 0 Å². The van der Waals surface area contributed by atoms with Gasteiger partial charge in [0.25, 0.3) is 0 Å². The van der Waals surface area contributed by atoms with Crippen LogP contribution in [0.2, 0.25) is 0 Å². The number of aldehydes is 1. The van der Waals surface area contributed by atoms with Crippen molar-refractivity contribution < 1.29 is 18.7 Å². The molecule has 38 heavy (non-hydrogen) atoms. The van der Waals surface area contributed by atoms with Crippen LogP contribution in [0.4, 0.5) is 0 Å². The van der Waals surface area contributed by atoms with Crippen molar-refractivity contribution in [2.24, 2.45) is 5.92 Å². The van der Waals surface area contributed by atoms with E-state index < -0.39 is 0 Å². The van der Waals surface area contributed by atoms with Crippen LogP contribution in [0.5, 0.6) is 11.5 Å². The fourth-order valence-electron chi connectivity index (χ4n) is 5.73. The lowest BCUT2D eigenvalue weighted by molar-refractivity contribution is 0.0136. The first-order valence-corrected chi connectivity index (χ1v) is 13.8. The minimum atomic E-state index is 0.258. The monoisotopic (exact) mass is 519 g/mol. The molecule has 3 aromatic heterocycles. The molecule has 2 aliphatic rings. The number of hydrogen-bond acceptors (Lipinski definition) is 6. The van der Waals surface area contributed by atoms with Crippen LogP contribution in [0.3, 0.4) is 0 Å². The Morgan fingerprint density at radius 2 is 2.03 bits per heavy atom. The zero-order valence-electron chi connectivity index (χ0n) is 23.8. The first-order valence-electron chi connectivity index (χ1n) is 13.8. The number of hydrogen-bond donors (Lipinski definition) is 0. The van der Waals surface area contributed by atoms with E-state index >= 15 is 0 Å². The predicted octanol–water partition coefficient (Wildman–Crippen LogP) is 7.01. The molecule has 2 saturated heterocycles. The standard InChI is InChI=1S/C20H18N2O3.C9H17NO.C2H6/c1-4-16-13(3)24-19-9-15(5-6-17(16)19)25-18-7-8-21-22-10-14(11-23)12(2)20(18)22;1-8-5-9(11-6-8)3-4-10(2)7-9;1-2/h5-11H,4H2,1-3H3;8H,3-7H2,1-2H3;1-2H3. The lowest BCUT2D eigenvalue weighted by Crippen LogP contribution is -2.31. The summed E-state index contributed by atoms with van der Waals surface area (Å²) in [7, 11) is 2.18. The molecule has 4 aromatic rings. The molecular formula is C31H41N3O4. The Kier molecular flexibility index (Phi) is 8.58. The van der Waals surface area contributed by atoms with Crippen molar-refractivity contribution in [1.29, 1.82) is 0 Å². The van der Waals surface area contributed by atoms with E-state index in [-0.39, 0.29) is 5.60 Å². The summed E-state index contributed by atoms with van der Waals surface area (Å²) in [6.07, 6.45) is 7.64. The zero-order chi connectivity index (χ0) is 27.4. The normalized spacial score (nSPS) is 20.9. The number of aryl methyl sites for hydroxylation is 3. The SMILES string of the molecule is CC.CC1COC2(CCN(C)C2)C1.CCc1c(C)oc2cc(Oc3ccnn4cc(C=O)c(C)c34)ccc12. The average Bonchev–Trinajstić information content (AvgIpc) is 3.65. The third kappa shape index (κ3) is 5.49. The fourth-order valence-corrected chi connectivity index (χ4v) is 5.73. The Balaban J connectivity index is 0.000000215. The van der Waals surface area contributed by atoms with Crippen LogP contribution < -0.4 is 4.74 Å². The topological polar surface area (TPSA) is 69.2 Å². The molecule has 0 radical (unpaired) electrons. The Labute approximate surface area is 225 Å². The first-order chi connectivity index (χ1) is 18.3. The highest BCUT2D eigenvalue weighted by atomic mass is 16.5. The minimum Gasteiger partial charge on any atom is -0.461 e. The highest BCUT2D eigenvalue weighted by Crippen LogP contribution is 2.37. The molecule has 2 aliphatic heterocycles. The number of ether oxygens (including phenoxy) is 2.